The van der Waals surface area contributed by atoms with E-state index in [1.165, 1.54) is 103 Å². The summed E-state index contributed by atoms with van der Waals surface area (Å²) in [5, 5.41) is 0. The van der Waals surface area contributed by atoms with E-state index in [4.69, 9.17) is 9.05 Å². The second-order valence-electron chi connectivity index (χ2n) is 7.55. The van der Waals surface area contributed by atoms with Crippen molar-refractivity contribution in [3.05, 3.63) is 0 Å². The minimum Gasteiger partial charge on any atom is -0.119 e. The maximum atomic E-state index is 11.6. The minimum atomic E-state index is -1.90. The topological polar surface area (TPSA) is 35.5 Å². The zero-order valence-electron chi connectivity index (χ0n) is 17.8. The van der Waals surface area contributed by atoms with Gasteiger partial charge < -0.3 is 0 Å². The van der Waals surface area contributed by atoms with Crippen LogP contribution < -0.4 is 0 Å². The van der Waals surface area contributed by atoms with Crippen LogP contribution in [-0.2, 0) is 13.6 Å². The Labute approximate surface area is 165 Å². The SMILES string of the molecule is CCCCCCCCCCCO[P+](=O)OCCCCCCCCCCC. The van der Waals surface area contributed by atoms with Crippen molar-refractivity contribution in [3.8, 4) is 0 Å². The summed E-state index contributed by atoms with van der Waals surface area (Å²) in [6.07, 6.45) is 23.2. The molecule has 0 aliphatic rings. The summed E-state index contributed by atoms with van der Waals surface area (Å²) in [6.45, 7) is 5.65. The summed E-state index contributed by atoms with van der Waals surface area (Å²) in [4.78, 5) is 0. The van der Waals surface area contributed by atoms with Crippen molar-refractivity contribution < 1.29 is 13.6 Å². The highest BCUT2D eigenvalue weighted by Gasteiger charge is 2.18. The van der Waals surface area contributed by atoms with Gasteiger partial charge >= 0.3 is 8.25 Å². The second kappa shape index (κ2) is 23.1. The maximum Gasteiger partial charge on any atom is 0.697 e. The molecule has 0 saturated heterocycles. The van der Waals surface area contributed by atoms with Gasteiger partial charge in [-0.1, -0.05) is 117 Å². The largest absolute Gasteiger partial charge is 0.697 e. The first kappa shape index (κ1) is 26.0. The van der Waals surface area contributed by atoms with E-state index >= 15 is 0 Å². The van der Waals surface area contributed by atoms with Crippen LogP contribution in [0.1, 0.15) is 129 Å². The van der Waals surface area contributed by atoms with Gasteiger partial charge in [0.15, 0.2) is 0 Å². The molecule has 0 amide bonds. The van der Waals surface area contributed by atoms with Gasteiger partial charge in [0.25, 0.3) is 0 Å². The lowest BCUT2D eigenvalue weighted by Crippen LogP contribution is -1.92. The van der Waals surface area contributed by atoms with E-state index < -0.39 is 8.25 Å². The Kier molecular flexibility index (Phi) is 23.1. The molecule has 156 valence electrons. The molecule has 0 aromatic carbocycles. The van der Waals surface area contributed by atoms with Crippen LogP contribution in [0.3, 0.4) is 0 Å². The molecule has 0 radical (unpaired) electrons. The predicted octanol–water partition coefficient (Wildman–Crippen LogP) is 8.74. The van der Waals surface area contributed by atoms with Crippen molar-refractivity contribution in [2.24, 2.45) is 0 Å². The van der Waals surface area contributed by atoms with Gasteiger partial charge in [0, 0.05) is 4.57 Å². The molecule has 0 spiro atoms. The van der Waals surface area contributed by atoms with Crippen LogP contribution >= 0.6 is 8.25 Å². The van der Waals surface area contributed by atoms with Crippen molar-refractivity contribution in [1.82, 2.24) is 0 Å². The number of hydrogen-bond acceptors (Lipinski definition) is 3. The molecule has 0 saturated carbocycles. The van der Waals surface area contributed by atoms with Crippen LogP contribution in [0.15, 0.2) is 0 Å². The zero-order valence-corrected chi connectivity index (χ0v) is 18.7. The summed E-state index contributed by atoms with van der Waals surface area (Å²) in [5.74, 6) is 0. The van der Waals surface area contributed by atoms with Crippen LogP contribution in [0, 0.1) is 0 Å². The van der Waals surface area contributed by atoms with Crippen molar-refractivity contribution >= 4 is 8.25 Å². The molecule has 0 aromatic heterocycles. The van der Waals surface area contributed by atoms with Gasteiger partial charge in [0.1, 0.15) is 13.2 Å². The van der Waals surface area contributed by atoms with Gasteiger partial charge in [-0.2, -0.15) is 0 Å². The van der Waals surface area contributed by atoms with Crippen molar-refractivity contribution in [3.63, 3.8) is 0 Å². The number of rotatable bonds is 22. The molecule has 3 nitrogen and oxygen atoms in total. The lowest BCUT2D eigenvalue weighted by atomic mass is 10.1. The maximum absolute atomic E-state index is 11.6. The van der Waals surface area contributed by atoms with E-state index in [0.29, 0.717) is 13.2 Å². The molecule has 0 unspecified atom stereocenters. The molecule has 26 heavy (non-hydrogen) atoms. The Hall–Kier alpha value is 0.0200. The third-order valence-corrected chi connectivity index (χ3v) is 5.68. The molecule has 0 rings (SSSR count). The fraction of sp³-hybridized carbons (Fsp3) is 1.00. The molecule has 0 bridgehead atoms. The minimum absolute atomic E-state index is 0.572. The first-order valence-electron chi connectivity index (χ1n) is 11.5. The molecule has 0 aliphatic heterocycles. The molecule has 4 heteroatoms. The Morgan fingerprint density at radius 2 is 0.731 bits per heavy atom. The van der Waals surface area contributed by atoms with Crippen molar-refractivity contribution in [2.45, 2.75) is 129 Å². The smallest absolute Gasteiger partial charge is 0.119 e. The first-order chi connectivity index (χ1) is 12.8. The molecule has 0 atom stereocenters. The van der Waals surface area contributed by atoms with Gasteiger partial charge in [-0.25, -0.2) is 0 Å². The summed E-state index contributed by atoms with van der Waals surface area (Å²) in [7, 11) is -1.90. The van der Waals surface area contributed by atoms with Gasteiger partial charge in [0.2, 0.25) is 0 Å². The molecule has 0 aromatic rings. The molecule has 0 N–H and O–H groups in total. The normalized spacial score (nSPS) is 11.2. The van der Waals surface area contributed by atoms with E-state index in [0.717, 1.165) is 12.8 Å². The monoisotopic (exact) mass is 389 g/mol. The van der Waals surface area contributed by atoms with E-state index in [9.17, 15) is 4.57 Å². The summed E-state index contributed by atoms with van der Waals surface area (Å²) >= 11 is 0. The van der Waals surface area contributed by atoms with Crippen LogP contribution in [0.5, 0.6) is 0 Å². The zero-order chi connectivity index (χ0) is 19.1. The van der Waals surface area contributed by atoms with E-state index in [1.807, 2.05) is 0 Å². The molecular formula is C22H46O3P+. The lowest BCUT2D eigenvalue weighted by Gasteiger charge is -2.00. The Balaban J connectivity index is 3.13. The predicted molar refractivity (Wildman–Crippen MR) is 114 cm³/mol. The van der Waals surface area contributed by atoms with Crippen LogP contribution in [0.2, 0.25) is 0 Å². The van der Waals surface area contributed by atoms with E-state index in [1.54, 1.807) is 0 Å². The summed E-state index contributed by atoms with van der Waals surface area (Å²) < 4.78 is 22.2. The third-order valence-electron chi connectivity index (χ3n) is 4.89. The molecular weight excluding hydrogens is 343 g/mol. The highest BCUT2D eigenvalue weighted by atomic mass is 31.1. The number of hydrogen-bond donors (Lipinski definition) is 0. The summed E-state index contributed by atoms with van der Waals surface area (Å²) in [5.41, 5.74) is 0. The quantitative estimate of drug-likeness (QED) is 0.137. The van der Waals surface area contributed by atoms with Gasteiger partial charge in [0.05, 0.1) is 0 Å². The molecule has 0 aliphatic carbocycles. The Morgan fingerprint density at radius 3 is 1.04 bits per heavy atom. The van der Waals surface area contributed by atoms with Crippen LogP contribution in [-0.4, -0.2) is 13.2 Å². The lowest BCUT2D eigenvalue weighted by molar-refractivity contribution is 0.218. The highest BCUT2D eigenvalue weighted by Crippen LogP contribution is 2.25. The van der Waals surface area contributed by atoms with E-state index in [2.05, 4.69) is 13.8 Å². The average molecular weight is 390 g/mol. The first-order valence-corrected chi connectivity index (χ1v) is 12.6. The molecule has 0 heterocycles. The van der Waals surface area contributed by atoms with Crippen molar-refractivity contribution in [1.29, 1.82) is 0 Å². The molecule has 0 fully saturated rings. The van der Waals surface area contributed by atoms with Gasteiger partial charge in [-0.15, -0.1) is 9.05 Å². The number of unbranched alkanes of at least 4 members (excludes halogenated alkanes) is 16. The summed E-state index contributed by atoms with van der Waals surface area (Å²) in [6, 6.07) is 0. The fourth-order valence-electron chi connectivity index (χ4n) is 3.14. The van der Waals surface area contributed by atoms with Gasteiger partial charge in [-0.05, 0) is 12.8 Å². The Bertz CT molecular complexity index is 259. The van der Waals surface area contributed by atoms with Crippen LogP contribution in [0.4, 0.5) is 0 Å². The fourth-order valence-corrected chi connectivity index (χ4v) is 3.77. The Morgan fingerprint density at radius 1 is 0.462 bits per heavy atom. The highest BCUT2D eigenvalue weighted by molar-refractivity contribution is 7.33. The van der Waals surface area contributed by atoms with E-state index in [-0.39, 0.29) is 0 Å². The average Bonchev–Trinajstić information content (AvgIpc) is 2.64. The second-order valence-corrected chi connectivity index (χ2v) is 8.51. The van der Waals surface area contributed by atoms with Gasteiger partial charge in [-0.3, -0.25) is 0 Å². The van der Waals surface area contributed by atoms with Crippen LogP contribution in [0.25, 0.3) is 0 Å². The van der Waals surface area contributed by atoms with Crippen molar-refractivity contribution in [2.75, 3.05) is 13.2 Å². The standard InChI is InChI=1S/C22H46O3P/c1-3-5-7-9-11-13-15-17-19-21-24-26(23)25-22-20-18-16-14-12-10-8-6-4-2/h3-22H2,1-2H3/q+1. The third kappa shape index (κ3) is 22.1.